The zero-order valence-corrected chi connectivity index (χ0v) is 12.8. The third-order valence-electron chi connectivity index (χ3n) is 4.34. The Morgan fingerprint density at radius 3 is 2.62 bits per heavy atom. The van der Waals surface area contributed by atoms with E-state index < -0.39 is 23.0 Å². The highest BCUT2D eigenvalue weighted by Crippen LogP contribution is 2.59. The Bertz CT molecular complexity index is 511. The van der Waals surface area contributed by atoms with Crippen molar-refractivity contribution in [3.8, 4) is 0 Å². The summed E-state index contributed by atoms with van der Waals surface area (Å²) in [6.45, 7) is 5.33. The molecule has 0 aromatic carbocycles. The minimum Gasteiger partial charge on any atom is -0.478 e. The minimum atomic E-state index is -1.05. The van der Waals surface area contributed by atoms with Gasteiger partial charge in [0.15, 0.2) is 0 Å². The van der Waals surface area contributed by atoms with Crippen LogP contribution in [0.4, 0.5) is 0 Å². The summed E-state index contributed by atoms with van der Waals surface area (Å²) in [6.07, 6.45) is 3.35. The molecule has 2 rings (SSSR count). The highest BCUT2D eigenvalue weighted by molar-refractivity contribution is 5.99. The summed E-state index contributed by atoms with van der Waals surface area (Å²) in [5, 5.41) is 9.56. The minimum absolute atomic E-state index is 0.101. The number of carbonyl (C=O) groups is 3. The fraction of sp³-hybridized carbons (Fsp3) is 0.688. The van der Waals surface area contributed by atoms with E-state index in [2.05, 4.69) is 0 Å². The van der Waals surface area contributed by atoms with Crippen molar-refractivity contribution in [2.24, 2.45) is 11.3 Å². The van der Waals surface area contributed by atoms with E-state index in [9.17, 15) is 19.5 Å². The standard InChI is InChI=1S/C16H22O5/c1-15(2,3)21-14(20)16-7-6-10(9-16)11(5-4-8-17)12(16)13(18)19/h8,10H,4-7,9H2,1-3H3,(H,18,19). The summed E-state index contributed by atoms with van der Waals surface area (Å²) in [6, 6.07) is 0. The molecule has 1 N–H and O–H groups in total. The molecule has 0 aromatic rings. The number of ether oxygens (including phenoxy) is 1. The molecule has 0 spiro atoms. The number of fused-ring (bicyclic) bond motifs is 2. The average Bonchev–Trinajstić information content (AvgIpc) is 2.90. The Morgan fingerprint density at radius 2 is 2.10 bits per heavy atom. The van der Waals surface area contributed by atoms with Crippen molar-refractivity contribution in [2.75, 3.05) is 0 Å². The molecular formula is C16H22O5. The van der Waals surface area contributed by atoms with Gasteiger partial charge in [0.25, 0.3) is 0 Å². The molecule has 21 heavy (non-hydrogen) atoms. The Balaban J connectivity index is 2.38. The lowest BCUT2D eigenvalue weighted by atomic mass is 9.78. The molecule has 2 aliphatic carbocycles. The number of hydrogen-bond acceptors (Lipinski definition) is 4. The molecule has 0 aromatic heterocycles. The second-order valence-corrected chi connectivity index (χ2v) is 6.93. The van der Waals surface area contributed by atoms with Crippen molar-refractivity contribution in [3.63, 3.8) is 0 Å². The van der Waals surface area contributed by atoms with Gasteiger partial charge in [-0.15, -0.1) is 0 Å². The van der Waals surface area contributed by atoms with Crippen LogP contribution >= 0.6 is 0 Å². The fourth-order valence-corrected chi connectivity index (χ4v) is 3.63. The van der Waals surface area contributed by atoms with Gasteiger partial charge in [0, 0.05) is 6.42 Å². The van der Waals surface area contributed by atoms with Crippen LogP contribution in [0.25, 0.3) is 0 Å². The highest BCUT2D eigenvalue weighted by Gasteiger charge is 2.59. The van der Waals surface area contributed by atoms with Crippen LogP contribution in [-0.2, 0) is 19.1 Å². The van der Waals surface area contributed by atoms with E-state index in [0.717, 1.165) is 18.3 Å². The first kappa shape index (κ1) is 15.7. The Morgan fingerprint density at radius 1 is 1.43 bits per heavy atom. The van der Waals surface area contributed by atoms with Crippen LogP contribution in [-0.4, -0.2) is 28.9 Å². The van der Waals surface area contributed by atoms with Gasteiger partial charge in [-0.05, 0) is 52.4 Å². The van der Waals surface area contributed by atoms with Crippen LogP contribution < -0.4 is 0 Å². The second kappa shape index (κ2) is 5.28. The fourth-order valence-electron chi connectivity index (χ4n) is 3.63. The molecule has 5 heteroatoms. The zero-order valence-electron chi connectivity index (χ0n) is 12.8. The maximum Gasteiger partial charge on any atom is 0.332 e. The van der Waals surface area contributed by atoms with Gasteiger partial charge in [0.1, 0.15) is 17.3 Å². The van der Waals surface area contributed by atoms with Gasteiger partial charge in [0.05, 0.1) is 5.57 Å². The summed E-state index contributed by atoms with van der Waals surface area (Å²) in [5.74, 6) is -1.39. The van der Waals surface area contributed by atoms with E-state index in [0.29, 0.717) is 25.7 Å². The average molecular weight is 294 g/mol. The first-order valence-corrected chi connectivity index (χ1v) is 7.35. The highest BCUT2D eigenvalue weighted by atomic mass is 16.6. The van der Waals surface area contributed by atoms with Crippen LogP contribution in [0.15, 0.2) is 11.1 Å². The first-order chi connectivity index (χ1) is 9.71. The molecule has 0 aliphatic heterocycles. The summed E-state index contributed by atoms with van der Waals surface area (Å²) in [7, 11) is 0. The molecule has 2 aliphatic rings. The second-order valence-electron chi connectivity index (χ2n) is 6.93. The number of esters is 1. The third kappa shape index (κ3) is 2.74. The van der Waals surface area contributed by atoms with Crippen molar-refractivity contribution < 1.29 is 24.2 Å². The van der Waals surface area contributed by atoms with E-state index >= 15 is 0 Å². The van der Waals surface area contributed by atoms with Crippen molar-refractivity contribution in [2.45, 2.75) is 58.5 Å². The molecule has 5 nitrogen and oxygen atoms in total. The number of carboxylic acids is 1. The predicted molar refractivity (Wildman–Crippen MR) is 75.6 cm³/mol. The van der Waals surface area contributed by atoms with Crippen molar-refractivity contribution in [3.05, 3.63) is 11.1 Å². The maximum absolute atomic E-state index is 12.6. The molecule has 0 saturated heterocycles. The summed E-state index contributed by atoms with van der Waals surface area (Å²) in [5.41, 5.74) is -0.692. The lowest BCUT2D eigenvalue weighted by Crippen LogP contribution is -2.38. The monoisotopic (exact) mass is 294 g/mol. The van der Waals surface area contributed by atoms with Crippen LogP contribution in [0.5, 0.6) is 0 Å². The topological polar surface area (TPSA) is 80.7 Å². The molecule has 1 fully saturated rings. The Labute approximate surface area is 124 Å². The van der Waals surface area contributed by atoms with Gasteiger partial charge in [-0.1, -0.05) is 5.57 Å². The summed E-state index contributed by atoms with van der Waals surface area (Å²) >= 11 is 0. The van der Waals surface area contributed by atoms with Crippen LogP contribution in [0, 0.1) is 11.3 Å². The largest absolute Gasteiger partial charge is 0.478 e. The lowest BCUT2D eigenvalue weighted by Gasteiger charge is -2.31. The number of hydrogen-bond donors (Lipinski definition) is 1. The molecule has 2 atom stereocenters. The van der Waals surface area contributed by atoms with E-state index in [1.165, 1.54) is 0 Å². The van der Waals surface area contributed by atoms with Gasteiger partial charge < -0.3 is 14.6 Å². The molecule has 2 bridgehead atoms. The van der Waals surface area contributed by atoms with Crippen molar-refractivity contribution in [1.82, 2.24) is 0 Å². The Kier molecular flexibility index (Phi) is 3.95. The molecule has 116 valence electrons. The van der Waals surface area contributed by atoms with Gasteiger partial charge in [-0.25, -0.2) is 4.79 Å². The summed E-state index contributed by atoms with van der Waals surface area (Å²) in [4.78, 5) is 34.9. The quantitative estimate of drug-likeness (QED) is 0.622. The van der Waals surface area contributed by atoms with Crippen LogP contribution in [0.1, 0.15) is 52.9 Å². The smallest absolute Gasteiger partial charge is 0.332 e. The molecule has 0 heterocycles. The number of carboxylic acid groups (broad SMARTS) is 1. The number of aldehydes is 1. The lowest BCUT2D eigenvalue weighted by molar-refractivity contribution is -0.166. The number of aliphatic carboxylic acids is 1. The van der Waals surface area contributed by atoms with Gasteiger partial charge >= 0.3 is 11.9 Å². The zero-order chi connectivity index (χ0) is 15.8. The van der Waals surface area contributed by atoms with Crippen LogP contribution in [0.2, 0.25) is 0 Å². The molecular weight excluding hydrogens is 272 g/mol. The number of allylic oxidation sites excluding steroid dienone is 1. The van der Waals surface area contributed by atoms with Crippen LogP contribution in [0.3, 0.4) is 0 Å². The maximum atomic E-state index is 12.6. The third-order valence-corrected chi connectivity index (χ3v) is 4.34. The van der Waals surface area contributed by atoms with Gasteiger partial charge in [0.2, 0.25) is 0 Å². The molecule has 1 saturated carbocycles. The molecule has 2 unspecified atom stereocenters. The molecule has 0 amide bonds. The SMILES string of the molecule is CC(C)(C)OC(=O)C12CCC(C1)C(CCC=O)=C2C(=O)O. The first-order valence-electron chi connectivity index (χ1n) is 7.35. The van der Waals surface area contributed by atoms with E-state index in [-0.39, 0.29) is 11.5 Å². The molecule has 0 radical (unpaired) electrons. The van der Waals surface area contributed by atoms with Gasteiger partial charge in [-0.3, -0.25) is 4.79 Å². The number of rotatable bonds is 5. The normalized spacial score (nSPS) is 27.9. The number of carbonyl (C=O) groups excluding carboxylic acids is 2. The van der Waals surface area contributed by atoms with E-state index in [1.54, 1.807) is 20.8 Å². The van der Waals surface area contributed by atoms with E-state index in [1.807, 2.05) is 0 Å². The van der Waals surface area contributed by atoms with E-state index in [4.69, 9.17) is 4.74 Å². The summed E-state index contributed by atoms with van der Waals surface area (Å²) < 4.78 is 5.47. The van der Waals surface area contributed by atoms with Gasteiger partial charge in [-0.2, -0.15) is 0 Å². The van der Waals surface area contributed by atoms with Crippen molar-refractivity contribution >= 4 is 18.2 Å². The predicted octanol–water partition coefficient (Wildman–Crippen LogP) is 2.49. The Hall–Kier alpha value is -1.65. The van der Waals surface area contributed by atoms with Crippen molar-refractivity contribution in [1.29, 1.82) is 0 Å².